The Bertz CT molecular complexity index is 2130. The zero-order valence-corrected chi connectivity index (χ0v) is 26.7. The molecule has 2 aliphatic rings. The van der Waals surface area contributed by atoms with Gasteiger partial charge in [0, 0.05) is 0 Å². The Hall–Kier alpha value is -5.03. The van der Waals surface area contributed by atoms with Crippen molar-refractivity contribution in [1.82, 2.24) is 0 Å². The van der Waals surface area contributed by atoms with E-state index in [0.717, 1.165) is 12.8 Å². The van der Waals surface area contributed by atoms with Gasteiger partial charge in [-0.25, -0.2) is 0 Å². The van der Waals surface area contributed by atoms with Gasteiger partial charge in [-0.15, -0.1) is 0 Å². The molecule has 1 spiro atoms. The third-order valence-corrected chi connectivity index (χ3v) is 11.1. The molecule has 1 aliphatic carbocycles. The second kappa shape index (κ2) is 12.4. The minimum absolute atomic E-state index is 0.302. The molecule has 1 aliphatic heterocycles. The SMILES string of the molecule is C1=C/C(c2ccccccccc2)=C\PC2(c3cc(-c4ccc5ccccc5c4)ccc3C1)c1ccccc1Cc1ccccc12. The molecule has 1 unspecified atom stereocenters. The van der Waals surface area contributed by atoms with Crippen LogP contribution in [0.1, 0.15) is 38.9 Å². The van der Waals surface area contributed by atoms with Gasteiger partial charge in [-0.05, 0) is 91.4 Å². The fourth-order valence-electron chi connectivity index (χ4n) is 7.22. The first-order chi connectivity index (χ1) is 22.8. The van der Waals surface area contributed by atoms with E-state index in [1.165, 1.54) is 66.4 Å². The molecule has 0 nitrogen and oxygen atoms in total. The summed E-state index contributed by atoms with van der Waals surface area (Å²) in [6.07, 6.45) is 6.53. The summed E-state index contributed by atoms with van der Waals surface area (Å²) in [5.41, 5.74) is 13.5. The molecular weight excluding hydrogens is 571 g/mol. The van der Waals surface area contributed by atoms with Gasteiger partial charge in [0.1, 0.15) is 0 Å². The lowest BCUT2D eigenvalue weighted by atomic mass is 9.72. The van der Waals surface area contributed by atoms with Crippen molar-refractivity contribution in [2.24, 2.45) is 0 Å². The van der Waals surface area contributed by atoms with Crippen molar-refractivity contribution in [3.05, 3.63) is 221 Å². The summed E-state index contributed by atoms with van der Waals surface area (Å²) >= 11 is 0. The number of hydrogen-bond donors (Lipinski definition) is 0. The van der Waals surface area contributed by atoms with Crippen LogP contribution >= 0.6 is 8.58 Å². The van der Waals surface area contributed by atoms with Crippen LogP contribution in [-0.4, -0.2) is 0 Å². The predicted octanol–water partition coefficient (Wildman–Crippen LogP) is 11.7. The third-order valence-electron chi connectivity index (χ3n) is 9.45. The Balaban J connectivity index is 1.39. The zero-order valence-electron chi connectivity index (χ0n) is 25.7. The molecule has 1 heteroatoms. The molecule has 8 rings (SSSR count). The van der Waals surface area contributed by atoms with Crippen molar-refractivity contribution >= 4 is 24.9 Å². The van der Waals surface area contributed by atoms with Crippen LogP contribution < -0.4 is 0 Å². The maximum Gasteiger partial charge on any atom is 0.0664 e. The Morgan fingerprint density at radius 3 is 1.76 bits per heavy atom. The van der Waals surface area contributed by atoms with Crippen LogP contribution in [0.4, 0.5) is 0 Å². The zero-order chi connectivity index (χ0) is 30.8. The van der Waals surface area contributed by atoms with Crippen molar-refractivity contribution in [3.63, 3.8) is 0 Å². The summed E-state index contributed by atoms with van der Waals surface area (Å²) in [4.78, 5) is 0. The lowest BCUT2D eigenvalue weighted by molar-refractivity contribution is 0.810. The maximum absolute atomic E-state index is 2.52. The average Bonchev–Trinajstić information content (AvgIpc) is 3.19. The molecule has 1 heterocycles. The molecule has 220 valence electrons. The fraction of sp³-hybridized carbons (Fsp3) is 0.0667. The number of hydrogen-bond acceptors (Lipinski definition) is 0. The Morgan fingerprint density at radius 1 is 0.435 bits per heavy atom. The molecule has 6 aromatic carbocycles. The van der Waals surface area contributed by atoms with Crippen molar-refractivity contribution in [2.45, 2.75) is 18.0 Å². The molecule has 46 heavy (non-hydrogen) atoms. The average molecular weight is 607 g/mol. The smallest absolute Gasteiger partial charge is 0.0664 e. The van der Waals surface area contributed by atoms with Crippen LogP contribution in [0.15, 0.2) is 182 Å². The maximum atomic E-state index is 2.52. The standard InChI is InChI=1S/C45H35P/c1-2-4-6-15-33(16-7-5-3-1)41-22-14-21-35-26-28-38(37-27-25-34-17-8-9-18-36(34)29-37)31-44(35)45(46-32-41)42-23-12-10-19-39(42)30-40-20-11-13-24-43(40)45/h1-20,22-29,31-32,46H,21,30H2/b2-1?,3-1?,4-2?,5-3?,6-4?,7-5?,15-6?,16-7?,22-14?,33-15?,33-16?,41-32+. The topological polar surface area (TPSA) is 0 Å². The fourth-order valence-corrected chi connectivity index (χ4v) is 9.04. The summed E-state index contributed by atoms with van der Waals surface area (Å²) in [6.45, 7) is 0. The molecule has 1 atom stereocenters. The Labute approximate surface area is 273 Å². The van der Waals surface area contributed by atoms with E-state index in [2.05, 4.69) is 182 Å². The summed E-state index contributed by atoms with van der Waals surface area (Å²) in [6, 6.07) is 60.3. The van der Waals surface area contributed by atoms with Gasteiger partial charge < -0.3 is 0 Å². The largest absolute Gasteiger partial charge is 0.0795 e. The van der Waals surface area contributed by atoms with Crippen LogP contribution in [0.5, 0.6) is 0 Å². The van der Waals surface area contributed by atoms with E-state index in [4.69, 9.17) is 0 Å². The summed E-state index contributed by atoms with van der Waals surface area (Å²) in [5, 5.41) is 2.24. The lowest BCUT2D eigenvalue weighted by Crippen LogP contribution is -2.31. The summed E-state index contributed by atoms with van der Waals surface area (Å²) in [5.74, 6) is 2.52. The molecule has 0 fully saturated rings. The van der Waals surface area contributed by atoms with Crippen LogP contribution in [0.2, 0.25) is 0 Å². The van der Waals surface area contributed by atoms with E-state index in [1.807, 2.05) is 0 Å². The van der Waals surface area contributed by atoms with Crippen LogP contribution in [-0.2, 0) is 18.0 Å². The number of benzene rings is 5. The molecule has 0 saturated heterocycles. The number of rotatable bonds is 2. The highest BCUT2D eigenvalue weighted by Gasteiger charge is 2.43. The first-order valence-electron chi connectivity index (χ1n) is 16.1. The monoisotopic (exact) mass is 606 g/mol. The minimum atomic E-state index is -0.302. The van der Waals surface area contributed by atoms with E-state index < -0.39 is 0 Å². The highest BCUT2D eigenvalue weighted by atomic mass is 31.1. The highest BCUT2D eigenvalue weighted by Crippen LogP contribution is 2.59. The van der Waals surface area contributed by atoms with E-state index in [0.29, 0.717) is 8.58 Å². The molecule has 6 aromatic rings. The van der Waals surface area contributed by atoms with Gasteiger partial charge >= 0.3 is 0 Å². The molecule has 0 aromatic heterocycles. The Morgan fingerprint density at radius 2 is 1.02 bits per heavy atom. The second-order valence-electron chi connectivity index (χ2n) is 12.2. The molecule has 0 N–H and O–H groups in total. The lowest BCUT2D eigenvalue weighted by Gasteiger charge is -2.42. The number of fused-ring (bicyclic) bond motifs is 7. The van der Waals surface area contributed by atoms with Gasteiger partial charge in [-0.3, -0.25) is 0 Å². The van der Waals surface area contributed by atoms with Crippen molar-refractivity contribution in [2.75, 3.05) is 0 Å². The van der Waals surface area contributed by atoms with Gasteiger partial charge in [-0.1, -0.05) is 178 Å². The summed E-state index contributed by atoms with van der Waals surface area (Å²) < 4.78 is 0. The van der Waals surface area contributed by atoms with Gasteiger partial charge in [0.25, 0.3) is 0 Å². The second-order valence-corrected chi connectivity index (χ2v) is 13.5. The molecule has 0 bridgehead atoms. The first kappa shape index (κ1) is 28.4. The highest BCUT2D eigenvalue weighted by molar-refractivity contribution is 7.44. The molecule has 0 radical (unpaired) electrons. The van der Waals surface area contributed by atoms with Crippen LogP contribution in [0, 0.1) is 0 Å². The number of allylic oxidation sites excluding steroid dienone is 3. The molecule has 0 amide bonds. The first-order valence-corrected chi connectivity index (χ1v) is 17.2. The van der Waals surface area contributed by atoms with E-state index >= 15 is 0 Å². The van der Waals surface area contributed by atoms with Gasteiger partial charge in [0.2, 0.25) is 0 Å². The normalized spacial score (nSPS) is 16.1. The molecule has 0 saturated carbocycles. The minimum Gasteiger partial charge on any atom is -0.0795 e. The van der Waals surface area contributed by atoms with Crippen molar-refractivity contribution in [3.8, 4) is 11.1 Å². The van der Waals surface area contributed by atoms with Crippen LogP contribution in [0.3, 0.4) is 0 Å². The van der Waals surface area contributed by atoms with Crippen molar-refractivity contribution < 1.29 is 0 Å². The van der Waals surface area contributed by atoms with E-state index in [9.17, 15) is 0 Å². The van der Waals surface area contributed by atoms with Gasteiger partial charge in [-0.2, -0.15) is 0 Å². The predicted molar refractivity (Wildman–Crippen MR) is 198 cm³/mol. The Kier molecular flexibility index (Phi) is 7.67. The molecular formula is C45H35P. The van der Waals surface area contributed by atoms with E-state index in [1.54, 1.807) is 0 Å². The van der Waals surface area contributed by atoms with Crippen molar-refractivity contribution in [1.29, 1.82) is 0 Å². The third kappa shape index (κ3) is 5.20. The summed E-state index contributed by atoms with van der Waals surface area (Å²) in [7, 11) is 0.498. The van der Waals surface area contributed by atoms with Gasteiger partial charge in [0.15, 0.2) is 0 Å². The quantitative estimate of drug-likeness (QED) is 0.172. The van der Waals surface area contributed by atoms with Gasteiger partial charge in [0.05, 0.1) is 5.16 Å². The van der Waals surface area contributed by atoms with E-state index in [-0.39, 0.29) is 5.16 Å². The van der Waals surface area contributed by atoms with Crippen LogP contribution in [0.25, 0.3) is 27.5 Å².